The smallest absolute Gasteiger partial charge is 0.124 e. The summed E-state index contributed by atoms with van der Waals surface area (Å²) < 4.78 is 11.5. The molecule has 2 unspecified atom stereocenters. The van der Waals surface area contributed by atoms with E-state index < -0.39 is 0 Å². The van der Waals surface area contributed by atoms with Crippen molar-refractivity contribution < 1.29 is 9.47 Å². The molecule has 0 saturated carbocycles. The van der Waals surface area contributed by atoms with E-state index in [1.54, 1.807) is 0 Å². The van der Waals surface area contributed by atoms with Crippen molar-refractivity contribution >= 4 is 0 Å². The maximum Gasteiger partial charge on any atom is 0.124 e. The van der Waals surface area contributed by atoms with Crippen molar-refractivity contribution in [1.29, 1.82) is 0 Å². The lowest BCUT2D eigenvalue weighted by atomic mass is 9.98. The van der Waals surface area contributed by atoms with Crippen LogP contribution in [0.15, 0.2) is 24.3 Å². The van der Waals surface area contributed by atoms with Crippen molar-refractivity contribution in [3.05, 3.63) is 29.8 Å². The normalized spacial score (nSPS) is 20.0. The van der Waals surface area contributed by atoms with Crippen LogP contribution < -0.4 is 10.1 Å². The lowest BCUT2D eigenvalue weighted by Crippen LogP contribution is -2.23. The van der Waals surface area contributed by atoms with E-state index in [-0.39, 0.29) is 0 Å². The molecule has 0 spiro atoms. The van der Waals surface area contributed by atoms with Gasteiger partial charge in [0.2, 0.25) is 0 Å². The van der Waals surface area contributed by atoms with E-state index in [2.05, 4.69) is 30.4 Å². The molecule has 2 rings (SSSR count). The first kappa shape index (κ1) is 15.3. The number of ether oxygens (including phenoxy) is 2. The van der Waals surface area contributed by atoms with Gasteiger partial charge in [-0.2, -0.15) is 0 Å². The molecule has 1 saturated heterocycles. The molecule has 1 aromatic carbocycles. The first-order valence-electron chi connectivity index (χ1n) is 7.91. The van der Waals surface area contributed by atoms with E-state index >= 15 is 0 Å². The molecular formula is C17H27NO2. The summed E-state index contributed by atoms with van der Waals surface area (Å²) in [6.45, 7) is 6.80. The maximum absolute atomic E-state index is 5.76. The quantitative estimate of drug-likeness (QED) is 0.786. The first-order chi connectivity index (χ1) is 9.85. The van der Waals surface area contributed by atoms with Gasteiger partial charge in [0, 0.05) is 18.2 Å². The number of benzene rings is 1. The van der Waals surface area contributed by atoms with Crippen LogP contribution in [0.5, 0.6) is 5.75 Å². The minimum atomic E-state index is 0.354. The summed E-state index contributed by atoms with van der Waals surface area (Å²) in [5, 5.41) is 3.59. The molecule has 1 heterocycles. The average molecular weight is 277 g/mol. The zero-order chi connectivity index (χ0) is 14.2. The number of nitrogens with one attached hydrogen (secondary N) is 1. The van der Waals surface area contributed by atoms with E-state index in [0.29, 0.717) is 18.8 Å². The van der Waals surface area contributed by atoms with Gasteiger partial charge in [-0.1, -0.05) is 25.1 Å². The van der Waals surface area contributed by atoms with Crippen LogP contribution in [0.1, 0.15) is 51.1 Å². The fourth-order valence-electron chi connectivity index (χ4n) is 2.89. The third-order valence-electron chi connectivity index (χ3n) is 3.85. The van der Waals surface area contributed by atoms with Crippen LogP contribution in [0.2, 0.25) is 0 Å². The molecule has 2 atom stereocenters. The molecule has 1 N–H and O–H groups in total. The van der Waals surface area contributed by atoms with Crippen molar-refractivity contribution in [2.75, 3.05) is 19.8 Å². The highest BCUT2D eigenvalue weighted by molar-refractivity contribution is 5.36. The largest absolute Gasteiger partial charge is 0.494 e. The maximum atomic E-state index is 5.76. The van der Waals surface area contributed by atoms with E-state index in [1.807, 2.05) is 13.0 Å². The van der Waals surface area contributed by atoms with E-state index in [4.69, 9.17) is 9.47 Å². The minimum Gasteiger partial charge on any atom is -0.494 e. The highest BCUT2D eigenvalue weighted by Crippen LogP contribution is 2.30. The molecule has 0 aromatic heterocycles. The van der Waals surface area contributed by atoms with Crippen molar-refractivity contribution in [3.8, 4) is 5.75 Å². The summed E-state index contributed by atoms with van der Waals surface area (Å²) in [5.74, 6) is 1.01. The van der Waals surface area contributed by atoms with Crippen LogP contribution in [0.3, 0.4) is 0 Å². The highest BCUT2D eigenvalue weighted by atomic mass is 16.5. The molecule has 0 amide bonds. The van der Waals surface area contributed by atoms with Crippen LogP contribution in [0.25, 0.3) is 0 Å². The molecular weight excluding hydrogens is 250 g/mol. The third kappa shape index (κ3) is 4.22. The molecule has 112 valence electrons. The van der Waals surface area contributed by atoms with Crippen LogP contribution in [-0.4, -0.2) is 25.9 Å². The second-order valence-electron chi connectivity index (χ2n) is 5.29. The first-order valence-corrected chi connectivity index (χ1v) is 7.91. The summed E-state index contributed by atoms with van der Waals surface area (Å²) in [6.07, 6.45) is 5.11. The van der Waals surface area contributed by atoms with Gasteiger partial charge >= 0.3 is 0 Å². The Morgan fingerprint density at radius 2 is 2.20 bits per heavy atom. The fraction of sp³-hybridized carbons (Fsp3) is 0.647. The predicted molar refractivity (Wildman–Crippen MR) is 82.2 cm³/mol. The summed E-state index contributed by atoms with van der Waals surface area (Å²) in [4.78, 5) is 0. The van der Waals surface area contributed by atoms with Gasteiger partial charge in [0.15, 0.2) is 0 Å². The molecule has 1 fully saturated rings. The molecule has 0 bridgehead atoms. The Kier molecular flexibility index (Phi) is 6.34. The Morgan fingerprint density at radius 3 is 2.90 bits per heavy atom. The van der Waals surface area contributed by atoms with Gasteiger partial charge in [-0.3, -0.25) is 0 Å². The highest BCUT2D eigenvalue weighted by Gasteiger charge is 2.20. The van der Waals surface area contributed by atoms with Gasteiger partial charge in [0.1, 0.15) is 5.75 Å². The average Bonchev–Trinajstić information content (AvgIpc) is 2.98. The number of para-hydroxylation sites is 1. The lowest BCUT2D eigenvalue weighted by Gasteiger charge is -2.22. The Hall–Kier alpha value is -1.06. The lowest BCUT2D eigenvalue weighted by molar-refractivity contribution is 0.0995. The molecule has 1 aromatic rings. The monoisotopic (exact) mass is 277 g/mol. The Labute approximate surface area is 122 Å². The Balaban J connectivity index is 2.02. The van der Waals surface area contributed by atoms with Gasteiger partial charge in [0.25, 0.3) is 0 Å². The molecule has 1 aliphatic heterocycles. The van der Waals surface area contributed by atoms with Gasteiger partial charge in [0.05, 0.1) is 12.7 Å². The van der Waals surface area contributed by atoms with Crippen LogP contribution >= 0.6 is 0 Å². The Bertz CT molecular complexity index is 388. The summed E-state index contributed by atoms with van der Waals surface area (Å²) >= 11 is 0. The standard InChI is InChI=1S/C17H27NO2/c1-3-18-16(12-11-14-8-7-13-20-14)15-9-5-6-10-17(15)19-4-2/h5-6,9-10,14,16,18H,3-4,7-8,11-13H2,1-2H3. The van der Waals surface area contributed by atoms with E-state index in [0.717, 1.165) is 31.7 Å². The Morgan fingerprint density at radius 1 is 1.35 bits per heavy atom. The van der Waals surface area contributed by atoms with E-state index in [9.17, 15) is 0 Å². The SMILES string of the molecule is CCNC(CCC1CCCO1)c1ccccc1OCC. The van der Waals surface area contributed by atoms with Crippen molar-refractivity contribution in [1.82, 2.24) is 5.32 Å². The van der Waals surface area contributed by atoms with Crippen molar-refractivity contribution in [3.63, 3.8) is 0 Å². The van der Waals surface area contributed by atoms with Crippen molar-refractivity contribution in [2.24, 2.45) is 0 Å². The third-order valence-corrected chi connectivity index (χ3v) is 3.85. The van der Waals surface area contributed by atoms with E-state index in [1.165, 1.54) is 18.4 Å². The van der Waals surface area contributed by atoms with Gasteiger partial charge in [-0.25, -0.2) is 0 Å². The van der Waals surface area contributed by atoms with Crippen molar-refractivity contribution in [2.45, 2.75) is 51.7 Å². The zero-order valence-corrected chi connectivity index (χ0v) is 12.7. The second-order valence-corrected chi connectivity index (χ2v) is 5.29. The van der Waals surface area contributed by atoms with Crippen LogP contribution in [0.4, 0.5) is 0 Å². The van der Waals surface area contributed by atoms with Crippen LogP contribution in [-0.2, 0) is 4.74 Å². The molecule has 0 radical (unpaired) electrons. The molecule has 20 heavy (non-hydrogen) atoms. The number of rotatable bonds is 8. The summed E-state index contributed by atoms with van der Waals surface area (Å²) in [5.41, 5.74) is 1.27. The van der Waals surface area contributed by atoms with Crippen LogP contribution in [0, 0.1) is 0 Å². The topological polar surface area (TPSA) is 30.5 Å². The fourth-order valence-corrected chi connectivity index (χ4v) is 2.89. The zero-order valence-electron chi connectivity index (χ0n) is 12.7. The summed E-state index contributed by atoms with van der Waals surface area (Å²) in [6, 6.07) is 8.72. The summed E-state index contributed by atoms with van der Waals surface area (Å²) in [7, 11) is 0. The second kappa shape index (κ2) is 8.28. The molecule has 1 aliphatic rings. The van der Waals surface area contributed by atoms with Gasteiger partial charge < -0.3 is 14.8 Å². The minimum absolute atomic E-state index is 0.354. The molecule has 3 heteroatoms. The number of hydrogen-bond donors (Lipinski definition) is 1. The molecule has 3 nitrogen and oxygen atoms in total. The van der Waals surface area contributed by atoms with Gasteiger partial charge in [-0.05, 0) is 45.2 Å². The molecule has 0 aliphatic carbocycles. The number of hydrogen-bond acceptors (Lipinski definition) is 3. The predicted octanol–water partition coefficient (Wildman–Crippen LogP) is 3.70. The van der Waals surface area contributed by atoms with Gasteiger partial charge in [-0.15, -0.1) is 0 Å².